The number of halogens is 3. The van der Waals surface area contributed by atoms with Crippen LogP contribution in [0.2, 0.25) is 0 Å². The van der Waals surface area contributed by atoms with Crippen LogP contribution in [-0.4, -0.2) is 36.6 Å². The molecule has 0 radical (unpaired) electrons. The van der Waals surface area contributed by atoms with E-state index >= 15 is 0 Å². The molecular formula is C20H29B2F3O4. The van der Waals surface area contributed by atoms with E-state index in [1.54, 1.807) is 6.07 Å². The Morgan fingerprint density at radius 2 is 1.17 bits per heavy atom. The van der Waals surface area contributed by atoms with Crippen molar-refractivity contribution in [3.8, 4) is 0 Å². The zero-order chi connectivity index (χ0) is 22.0. The molecule has 2 heterocycles. The molecule has 160 valence electrons. The Hall–Kier alpha value is -1.02. The summed E-state index contributed by atoms with van der Waals surface area (Å²) >= 11 is 0. The molecule has 0 unspecified atom stereocenters. The number of hydrogen-bond donors (Lipinski definition) is 0. The van der Waals surface area contributed by atoms with Crippen molar-refractivity contribution in [1.82, 2.24) is 0 Å². The van der Waals surface area contributed by atoms with Crippen LogP contribution in [0.1, 0.15) is 66.5 Å². The van der Waals surface area contributed by atoms with Crippen molar-refractivity contribution in [3.63, 3.8) is 0 Å². The Balaban J connectivity index is 1.92. The molecule has 0 bridgehead atoms. The highest BCUT2D eigenvalue weighted by Crippen LogP contribution is 2.39. The van der Waals surface area contributed by atoms with E-state index in [0.717, 1.165) is 12.1 Å². The Bertz CT molecular complexity index is 758. The third kappa shape index (κ3) is 4.24. The summed E-state index contributed by atoms with van der Waals surface area (Å²) < 4.78 is 64.5. The van der Waals surface area contributed by atoms with Gasteiger partial charge in [-0.25, -0.2) is 0 Å². The van der Waals surface area contributed by atoms with Crippen LogP contribution in [0.25, 0.3) is 0 Å². The Morgan fingerprint density at radius 3 is 1.62 bits per heavy atom. The molecule has 0 aromatic heterocycles. The third-order valence-electron chi connectivity index (χ3n) is 6.57. The van der Waals surface area contributed by atoms with Crippen LogP contribution in [0.4, 0.5) is 13.2 Å². The normalized spacial score (nSPS) is 24.9. The van der Waals surface area contributed by atoms with Crippen molar-refractivity contribution in [2.45, 2.75) is 90.3 Å². The Kier molecular flexibility index (Phi) is 5.27. The van der Waals surface area contributed by atoms with Crippen molar-refractivity contribution < 1.29 is 31.8 Å². The molecule has 0 spiro atoms. The van der Waals surface area contributed by atoms with Crippen LogP contribution >= 0.6 is 0 Å². The summed E-state index contributed by atoms with van der Waals surface area (Å²) in [5, 5.41) is 0. The summed E-state index contributed by atoms with van der Waals surface area (Å²) in [5.74, 6) is 0. The second kappa shape index (κ2) is 6.74. The highest BCUT2D eigenvalue weighted by atomic mass is 19.4. The third-order valence-corrected chi connectivity index (χ3v) is 6.57. The van der Waals surface area contributed by atoms with Gasteiger partial charge < -0.3 is 18.6 Å². The summed E-state index contributed by atoms with van der Waals surface area (Å²) in [6.45, 7) is 15.1. The second-order valence-corrected chi connectivity index (χ2v) is 9.94. The van der Waals surface area contributed by atoms with Crippen LogP contribution in [0.3, 0.4) is 0 Å². The number of benzene rings is 1. The molecule has 0 N–H and O–H groups in total. The quantitative estimate of drug-likeness (QED) is 0.699. The van der Waals surface area contributed by atoms with Gasteiger partial charge in [0.15, 0.2) is 0 Å². The predicted molar refractivity (Wildman–Crippen MR) is 107 cm³/mol. The van der Waals surface area contributed by atoms with E-state index < -0.39 is 48.4 Å². The average Bonchev–Trinajstić information content (AvgIpc) is 2.85. The molecule has 0 aliphatic carbocycles. The zero-order valence-corrected chi connectivity index (χ0v) is 18.4. The maximum absolute atomic E-state index is 13.6. The van der Waals surface area contributed by atoms with Gasteiger partial charge in [0.2, 0.25) is 0 Å². The number of hydrogen-bond acceptors (Lipinski definition) is 4. The van der Waals surface area contributed by atoms with Crippen LogP contribution in [0.15, 0.2) is 18.2 Å². The molecule has 2 aliphatic rings. The predicted octanol–water partition coefficient (Wildman–Crippen LogP) is 4.18. The number of alkyl halides is 3. The first-order valence-corrected chi connectivity index (χ1v) is 9.86. The smallest absolute Gasteiger partial charge is 0.403 e. The summed E-state index contributed by atoms with van der Waals surface area (Å²) in [5.41, 5.74) is -2.32. The van der Waals surface area contributed by atoms with Gasteiger partial charge in [-0.1, -0.05) is 12.1 Å². The minimum absolute atomic E-state index is 0.198. The number of rotatable bonds is 3. The van der Waals surface area contributed by atoms with Crippen LogP contribution < -0.4 is 5.46 Å². The molecule has 4 nitrogen and oxygen atoms in total. The van der Waals surface area contributed by atoms with E-state index in [2.05, 4.69) is 0 Å². The average molecular weight is 412 g/mol. The summed E-state index contributed by atoms with van der Waals surface area (Å²) in [6, 6.07) is 3.91. The maximum atomic E-state index is 13.6. The van der Waals surface area contributed by atoms with Crippen molar-refractivity contribution in [2.75, 3.05) is 0 Å². The van der Waals surface area contributed by atoms with E-state index in [1.807, 2.05) is 55.4 Å². The van der Waals surface area contributed by atoms with E-state index in [9.17, 15) is 13.2 Å². The molecule has 2 fully saturated rings. The van der Waals surface area contributed by atoms with Gasteiger partial charge in [-0.2, -0.15) is 13.2 Å². The highest BCUT2D eigenvalue weighted by Gasteiger charge is 2.53. The molecule has 2 aliphatic heterocycles. The zero-order valence-electron chi connectivity index (χ0n) is 18.4. The molecule has 3 rings (SSSR count). The standard InChI is InChI=1S/C20H29B2F3O4/c1-16(2)17(3,4)27-21(26-16)12-13-9-14(20(23,24)25)11-15(10-13)22-28-18(5,6)19(7,8)29-22/h9-11H,12H2,1-8H3. The lowest BCUT2D eigenvalue weighted by atomic mass is 9.74. The van der Waals surface area contributed by atoms with Gasteiger partial charge in [0.1, 0.15) is 0 Å². The molecule has 9 heteroatoms. The van der Waals surface area contributed by atoms with Crippen molar-refractivity contribution in [2.24, 2.45) is 0 Å². The first kappa shape index (κ1) is 22.7. The van der Waals surface area contributed by atoms with Gasteiger partial charge in [0.05, 0.1) is 28.0 Å². The second-order valence-electron chi connectivity index (χ2n) is 9.94. The first-order chi connectivity index (χ1) is 12.9. The van der Waals surface area contributed by atoms with E-state index in [1.165, 1.54) is 0 Å². The minimum atomic E-state index is -4.48. The molecule has 0 saturated carbocycles. The van der Waals surface area contributed by atoms with Gasteiger partial charge in [-0.05, 0) is 72.5 Å². The molecule has 1 aromatic carbocycles. The molecule has 1 aromatic rings. The van der Waals surface area contributed by atoms with E-state index in [-0.39, 0.29) is 6.32 Å². The molecule has 2 saturated heterocycles. The van der Waals surface area contributed by atoms with E-state index in [4.69, 9.17) is 18.6 Å². The maximum Gasteiger partial charge on any atom is 0.494 e. The van der Waals surface area contributed by atoms with Crippen LogP contribution in [0, 0.1) is 0 Å². The Labute approximate surface area is 171 Å². The largest absolute Gasteiger partial charge is 0.494 e. The fourth-order valence-corrected chi connectivity index (χ4v) is 3.36. The SMILES string of the molecule is CC1(C)OB(Cc2cc(B3OC(C)(C)C(C)(C)O3)cc(C(F)(F)F)c2)OC1(C)C. The van der Waals surface area contributed by atoms with Gasteiger partial charge in [-0.15, -0.1) is 0 Å². The lowest BCUT2D eigenvalue weighted by Gasteiger charge is -2.32. The summed E-state index contributed by atoms with van der Waals surface area (Å²) in [7, 11) is -1.51. The lowest BCUT2D eigenvalue weighted by Crippen LogP contribution is -2.41. The molecule has 29 heavy (non-hydrogen) atoms. The monoisotopic (exact) mass is 412 g/mol. The summed E-state index contributed by atoms with van der Waals surface area (Å²) in [6.07, 6.45) is -4.28. The van der Waals surface area contributed by atoms with Crippen molar-refractivity contribution >= 4 is 19.7 Å². The fourth-order valence-electron chi connectivity index (χ4n) is 3.36. The highest BCUT2D eigenvalue weighted by molar-refractivity contribution is 6.62. The molecule has 0 atom stereocenters. The van der Waals surface area contributed by atoms with Gasteiger partial charge in [0.25, 0.3) is 0 Å². The Morgan fingerprint density at radius 1 is 0.724 bits per heavy atom. The molecular weight excluding hydrogens is 383 g/mol. The van der Waals surface area contributed by atoms with Gasteiger partial charge >= 0.3 is 20.4 Å². The first-order valence-electron chi connectivity index (χ1n) is 9.86. The van der Waals surface area contributed by atoms with E-state index in [0.29, 0.717) is 11.0 Å². The van der Waals surface area contributed by atoms with Crippen molar-refractivity contribution in [1.29, 1.82) is 0 Å². The molecule has 0 amide bonds. The van der Waals surface area contributed by atoms with Gasteiger partial charge in [0, 0.05) is 6.32 Å². The van der Waals surface area contributed by atoms with Crippen molar-refractivity contribution in [3.05, 3.63) is 29.3 Å². The lowest BCUT2D eigenvalue weighted by molar-refractivity contribution is -0.137. The summed E-state index contributed by atoms with van der Waals surface area (Å²) in [4.78, 5) is 0. The van der Waals surface area contributed by atoms with Gasteiger partial charge in [-0.3, -0.25) is 0 Å². The minimum Gasteiger partial charge on any atom is -0.403 e. The fraction of sp³-hybridized carbons (Fsp3) is 0.700. The van der Waals surface area contributed by atoms with Crippen LogP contribution in [-0.2, 0) is 31.1 Å². The van der Waals surface area contributed by atoms with Crippen LogP contribution in [0.5, 0.6) is 0 Å². The topological polar surface area (TPSA) is 36.9 Å².